The lowest BCUT2D eigenvalue weighted by atomic mass is 9.44. The van der Waals surface area contributed by atoms with Gasteiger partial charge in [-0.3, -0.25) is 9.59 Å². The molecule has 0 heterocycles. The molecule has 4 fully saturated rings. The first-order chi connectivity index (χ1) is 11.2. The van der Waals surface area contributed by atoms with Crippen molar-refractivity contribution < 1.29 is 14.7 Å². The second-order valence-corrected chi connectivity index (χ2v) is 9.87. The maximum absolute atomic E-state index is 12.5. The smallest absolute Gasteiger partial charge is 0.161 e. The van der Waals surface area contributed by atoms with Crippen molar-refractivity contribution in [2.45, 2.75) is 84.2 Å². The summed E-state index contributed by atoms with van der Waals surface area (Å²) >= 11 is 0. The molecule has 0 radical (unpaired) electrons. The zero-order chi connectivity index (χ0) is 17.3. The van der Waals surface area contributed by atoms with Crippen molar-refractivity contribution in [1.82, 2.24) is 0 Å². The minimum Gasteiger partial charge on any atom is -0.382 e. The van der Waals surface area contributed by atoms with Crippen LogP contribution in [0.2, 0.25) is 0 Å². The van der Waals surface area contributed by atoms with Crippen molar-refractivity contribution >= 4 is 11.6 Å². The van der Waals surface area contributed by atoms with Crippen molar-refractivity contribution in [3.8, 4) is 0 Å². The van der Waals surface area contributed by atoms with Gasteiger partial charge in [0.2, 0.25) is 0 Å². The van der Waals surface area contributed by atoms with Crippen LogP contribution >= 0.6 is 0 Å². The van der Waals surface area contributed by atoms with Crippen LogP contribution in [-0.2, 0) is 9.59 Å². The minimum atomic E-state index is -1.08. The number of aliphatic hydroxyl groups is 1. The van der Waals surface area contributed by atoms with Crippen molar-refractivity contribution in [1.29, 1.82) is 0 Å². The van der Waals surface area contributed by atoms with Crippen LogP contribution in [-0.4, -0.2) is 22.3 Å². The summed E-state index contributed by atoms with van der Waals surface area (Å²) in [6, 6.07) is 0. The van der Waals surface area contributed by atoms with Gasteiger partial charge in [-0.05, 0) is 87.4 Å². The van der Waals surface area contributed by atoms with Gasteiger partial charge in [-0.15, -0.1) is 0 Å². The zero-order valence-electron chi connectivity index (χ0n) is 15.4. The molecule has 7 atom stereocenters. The number of rotatable bonds is 1. The SMILES string of the molecule is CC(=O)[C@@]1(O)CC[C@@]2(C)[C@@H](CC[C@H]3[C@H]4CCC(=O)[C@@]4(C)CC[C@@H]32)C1. The molecular formula is C21H32O3. The van der Waals surface area contributed by atoms with Gasteiger partial charge < -0.3 is 5.11 Å². The number of ketones is 2. The summed E-state index contributed by atoms with van der Waals surface area (Å²) in [7, 11) is 0. The summed E-state index contributed by atoms with van der Waals surface area (Å²) in [6.45, 7) is 6.20. The van der Waals surface area contributed by atoms with E-state index in [0.717, 1.165) is 38.5 Å². The van der Waals surface area contributed by atoms with Crippen molar-refractivity contribution in [2.24, 2.45) is 34.5 Å². The fourth-order valence-electron chi connectivity index (χ4n) is 7.34. The molecule has 3 nitrogen and oxygen atoms in total. The molecule has 24 heavy (non-hydrogen) atoms. The molecule has 3 heteroatoms. The van der Waals surface area contributed by atoms with E-state index in [0.29, 0.717) is 42.3 Å². The number of carbonyl (C=O) groups excluding carboxylic acids is 2. The normalized spacial score (nSPS) is 53.9. The Morgan fingerprint density at radius 2 is 1.79 bits per heavy atom. The molecule has 1 N–H and O–H groups in total. The lowest BCUT2D eigenvalue weighted by molar-refractivity contribution is -0.165. The van der Waals surface area contributed by atoms with Gasteiger partial charge in [0.05, 0.1) is 0 Å². The highest BCUT2D eigenvalue weighted by atomic mass is 16.3. The quantitative estimate of drug-likeness (QED) is 0.792. The van der Waals surface area contributed by atoms with Crippen LogP contribution in [0.4, 0.5) is 0 Å². The molecule has 4 saturated carbocycles. The predicted octanol–water partition coefficient (Wildman–Crippen LogP) is 3.92. The molecule has 0 spiro atoms. The Morgan fingerprint density at radius 3 is 2.50 bits per heavy atom. The fraction of sp³-hybridized carbons (Fsp3) is 0.905. The van der Waals surface area contributed by atoms with Gasteiger partial charge in [0.1, 0.15) is 11.4 Å². The van der Waals surface area contributed by atoms with E-state index in [4.69, 9.17) is 0 Å². The summed E-state index contributed by atoms with van der Waals surface area (Å²) in [6.07, 6.45) is 8.64. The molecule has 4 rings (SSSR count). The van der Waals surface area contributed by atoms with Crippen molar-refractivity contribution in [3.63, 3.8) is 0 Å². The molecule has 0 aliphatic heterocycles. The van der Waals surface area contributed by atoms with Crippen LogP contribution in [0.15, 0.2) is 0 Å². The van der Waals surface area contributed by atoms with Crippen LogP contribution in [0.25, 0.3) is 0 Å². The average Bonchev–Trinajstić information content (AvgIpc) is 2.84. The van der Waals surface area contributed by atoms with Gasteiger partial charge in [0, 0.05) is 11.8 Å². The fourth-order valence-corrected chi connectivity index (χ4v) is 7.34. The summed E-state index contributed by atoms with van der Waals surface area (Å²) in [5.41, 5.74) is -0.889. The van der Waals surface area contributed by atoms with Crippen molar-refractivity contribution in [2.75, 3.05) is 0 Å². The molecule has 0 aromatic carbocycles. The Hall–Kier alpha value is -0.700. The average molecular weight is 332 g/mol. The number of hydrogen-bond acceptors (Lipinski definition) is 3. The lowest BCUT2D eigenvalue weighted by Gasteiger charge is -2.61. The standard InChI is InChI=1S/C21H32O3/c1-13(22)21(24)11-10-19(2)14(12-21)4-5-15-16-6-7-18(23)20(16,3)9-8-17(15)19/h14-17,24H,4-12H2,1-3H3/t14-,15-,16+,17-,19-,20-,21+/m0/s1. The molecule has 0 aromatic heterocycles. The highest BCUT2D eigenvalue weighted by Crippen LogP contribution is 2.66. The van der Waals surface area contributed by atoms with Gasteiger partial charge in [0.15, 0.2) is 5.78 Å². The van der Waals surface area contributed by atoms with E-state index in [2.05, 4.69) is 13.8 Å². The molecule has 0 aromatic rings. The topological polar surface area (TPSA) is 54.4 Å². The maximum Gasteiger partial charge on any atom is 0.161 e. The number of hydrogen-bond donors (Lipinski definition) is 1. The van der Waals surface area contributed by atoms with Crippen LogP contribution in [0.5, 0.6) is 0 Å². The molecular weight excluding hydrogens is 300 g/mol. The van der Waals surface area contributed by atoms with E-state index < -0.39 is 5.60 Å². The Labute approximate surface area is 145 Å². The molecule has 0 unspecified atom stereocenters. The van der Waals surface area contributed by atoms with E-state index >= 15 is 0 Å². The summed E-state index contributed by atoms with van der Waals surface area (Å²) in [4.78, 5) is 24.4. The Balaban J connectivity index is 1.61. The minimum absolute atomic E-state index is 0.0516. The summed E-state index contributed by atoms with van der Waals surface area (Å²) in [5.74, 6) is 2.85. The van der Waals surface area contributed by atoms with E-state index in [9.17, 15) is 14.7 Å². The van der Waals surface area contributed by atoms with Gasteiger partial charge in [-0.25, -0.2) is 0 Å². The van der Waals surface area contributed by atoms with Crippen LogP contribution in [0.3, 0.4) is 0 Å². The third-order valence-corrected chi connectivity index (χ3v) is 9.09. The predicted molar refractivity (Wildman–Crippen MR) is 92.4 cm³/mol. The highest BCUT2D eigenvalue weighted by molar-refractivity contribution is 5.87. The first-order valence-corrected chi connectivity index (χ1v) is 9.97. The third-order valence-electron chi connectivity index (χ3n) is 9.09. The Bertz CT molecular complexity index is 584. The first-order valence-electron chi connectivity index (χ1n) is 9.97. The number of fused-ring (bicyclic) bond motifs is 5. The second kappa shape index (κ2) is 5.16. The van der Waals surface area contributed by atoms with Gasteiger partial charge in [-0.1, -0.05) is 13.8 Å². The molecule has 0 saturated heterocycles. The van der Waals surface area contributed by atoms with Gasteiger partial charge >= 0.3 is 0 Å². The second-order valence-electron chi connectivity index (χ2n) is 9.87. The van der Waals surface area contributed by atoms with E-state index in [1.54, 1.807) is 6.92 Å². The van der Waals surface area contributed by atoms with E-state index in [-0.39, 0.29) is 16.6 Å². The molecule has 0 bridgehead atoms. The van der Waals surface area contributed by atoms with Gasteiger partial charge in [0.25, 0.3) is 0 Å². The molecule has 0 amide bonds. The lowest BCUT2D eigenvalue weighted by Crippen LogP contribution is -2.57. The van der Waals surface area contributed by atoms with E-state index in [1.165, 1.54) is 6.42 Å². The largest absolute Gasteiger partial charge is 0.382 e. The van der Waals surface area contributed by atoms with Crippen molar-refractivity contribution in [3.05, 3.63) is 0 Å². The molecule has 4 aliphatic rings. The van der Waals surface area contributed by atoms with Crippen LogP contribution < -0.4 is 0 Å². The molecule has 134 valence electrons. The number of carbonyl (C=O) groups is 2. The Morgan fingerprint density at radius 1 is 1.04 bits per heavy atom. The van der Waals surface area contributed by atoms with Crippen LogP contribution in [0.1, 0.15) is 78.6 Å². The van der Waals surface area contributed by atoms with Crippen LogP contribution in [0, 0.1) is 34.5 Å². The summed E-state index contributed by atoms with van der Waals surface area (Å²) in [5, 5.41) is 10.7. The zero-order valence-corrected chi connectivity index (χ0v) is 15.4. The third kappa shape index (κ3) is 2.06. The summed E-state index contributed by atoms with van der Waals surface area (Å²) < 4.78 is 0. The number of Topliss-reactive ketones (excluding diaryl/α,β-unsaturated/α-hetero) is 2. The maximum atomic E-state index is 12.5. The van der Waals surface area contributed by atoms with E-state index in [1.807, 2.05) is 0 Å². The monoisotopic (exact) mass is 332 g/mol. The Kier molecular flexibility index (Phi) is 3.60. The van der Waals surface area contributed by atoms with Gasteiger partial charge in [-0.2, -0.15) is 0 Å². The molecule has 4 aliphatic carbocycles. The first kappa shape index (κ1) is 16.8. The highest BCUT2D eigenvalue weighted by Gasteiger charge is 2.61.